The Labute approximate surface area is 137 Å². The molecule has 108 valence electrons. The molecule has 2 aromatic rings. The van der Waals surface area contributed by atoms with Crippen molar-refractivity contribution in [1.82, 2.24) is 5.32 Å². The molecule has 0 radical (unpaired) electrons. The number of benzene rings is 2. The van der Waals surface area contributed by atoms with Crippen molar-refractivity contribution >= 4 is 5.91 Å². The molecule has 0 saturated heterocycles. The molecular formula is C16H14F2NOTi-. The van der Waals surface area contributed by atoms with Gasteiger partial charge in [-0.15, -0.1) is 17.7 Å². The second-order valence-electron chi connectivity index (χ2n) is 4.37. The van der Waals surface area contributed by atoms with Crippen molar-refractivity contribution in [2.24, 2.45) is 0 Å². The molecule has 1 amide bonds. The number of aryl methyl sites for hydroxylation is 1. The molecular weight excluding hydrogens is 308 g/mol. The van der Waals surface area contributed by atoms with E-state index >= 15 is 0 Å². The molecule has 0 heterocycles. The Morgan fingerprint density at radius 1 is 1.10 bits per heavy atom. The van der Waals surface area contributed by atoms with Crippen LogP contribution >= 0.6 is 0 Å². The standard InChI is InChI=1S/C16H14F2NO.Ti/c17-14-9-8-12(15(18)11-14)7-4-10-19-16(20)13-5-2-1-3-6-13;/h1-3,5-6,8-9H,4,7,10H2,(H,19,20);/q-1;. The van der Waals surface area contributed by atoms with E-state index in [-0.39, 0.29) is 27.6 Å². The van der Waals surface area contributed by atoms with E-state index in [0.717, 1.165) is 0 Å². The summed E-state index contributed by atoms with van der Waals surface area (Å²) >= 11 is 0. The van der Waals surface area contributed by atoms with Crippen molar-refractivity contribution in [2.75, 3.05) is 6.54 Å². The molecule has 2 rings (SSSR count). The Morgan fingerprint density at radius 2 is 1.81 bits per heavy atom. The fourth-order valence-corrected chi connectivity index (χ4v) is 1.84. The second-order valence-corrected chi connectivity index (χ2v) is 4.37. The summed E-state index contributed by atoms with van der Waals surface area (Å²) in [5, 5.41) is 2.75. The minimum atomic E-state index is -0.705. The van der Waals surface area contributed by atoms with Gasteiger partial charge in [0.2, 0.25) is 0 Å². The topological polar surface area (TPSA) is 29.1 Å². The summed E-state index contributed by atoms with van der Waals surface area (Å²) in [6.45, 7) is 0.435. The van der Waals surface area contributed by atoms with E-state index in [9.17, 15) is 13.6 Å². The van der Waals surface area contributed by atoms with E-state index in [4.69, 9.17) is 0 Å². The molecule has 0 aliphatic rings. The van der Waals surface area contributed by atoms with Gasteiger partial charge in [-0.3, -0.25) is 4.79 Å². The number of hydrogen-bond donors (Lipinski definition) is 1. The quantitative estimate of drug-likeness (QED) is 0.511. The SMILES string of the molecule is O=C(NCCCc1ccc(F)[c-]c1F)c1ccccc1.[Ti]. The van der Waals surface area contributed by atoms with Crippen molar-refractivity contribution in [3.63, 3.8) is 0 Å². The molecule has 0 saturated carbocycles. The van der Waals surface area contributed by atoms with E-state index in [0.29, 0.717) is 30.5 Å². The first-order chi connectivity index (χ1) is 9.66. The molecule has 2 aromatic carbocycles. The van der Waals surface area contributed by atoms with E-state index in [1.54, 1.807) is 24.3 Å². The molecule has 0 fully saturated rings. The van der Waals surface area contributed by atoms with Gasteiger partial charge in [0.1, 0.15) is 0 Å². The van der Waals surface area contributed by atoms with E-state index in [2.05, 4.69) is 5.32 Å². The summed E-state index contributed by atoms with van der Waals surface area (Å²) in [6, 6.07) is 13.4. The third-order valence-corrected chi connectivity index (χ3v) is 2.89. The Hall–Kier alpha value is -1.52. The summed E-state index contributed by atoms with van der Waals surface area (Å²) < 4.78 is 26.0. The van der Waals surface area contributed by atoms with Crippen molar-refractivity contribution in [3.8, 4) is 0 Å². The number of hydrogen-bond acceptors (Lipinski definition) is 1. The summed E-state index contributed by atoms with van der Waals surface area (Å²) in [5.41, 5.74) is 0.995. The van der Waals surface area contributed by atoms with Crippen LogP contribution in [-0.2, 0) is 28.1 Å². The van der Waals surface area contributed by atoms with Crippen LogP contribution in [0.5, 0.6) is 0 Å². The van der Waals surface area contributed by atoms with Gasteiger partial charge in [0.15, 0.2) is 0 Å². The minimum absolute atomic E-state index is 0. The van der Waals surface area contributed by atoms with Gasteiger partial charge >= 0.3 is 0 Å². The van der Waals surface area contributed by atoms with Gasteiger partial charge in [-0.2, -0.15) is 6.07 Å². The first-order valence-electron chi connectivity index (χ1n) is 6.36. The molecule has 1 N–H and O–H groups in total. The average molecular weight is 322 g/mol. The fraction of sp³-hybridized carbons (Fsp3) is 0.188. The summed E-state index contributed by atoms with van der Waals surface area (Å²) in [7, 11) is 0. The molecule has 0 spiro atoms. The molecule has 2 nitrogen and oxygen atoms in total. The maximum atomic E-state index is 13.3. The van der Waals surface area contributed by atoms with Crippen LogP contribution in [0.25, 0.3) is 0 Å². The Morgan fingerprint density at radius 3 is 2.48 bits per heavy atom. The molecule has 0 atom stereocenters. The van der Waals surface area contributed by atoms with Crippen LogP contribution < -0.4 is 5.32 Å². The van der Waals surface area contributed by atoms with E-state index in [1.165, 1.54) is 12.1 Å². The predicted molar refractivity (Wildman–Crippen MR) is 72.3 cm³/mol. The maximum absolute atomic E-state index is 13.3. The smallest absolute Gasteiger partial charge is 0.251 e. The van der Waals surface area contributed by atoms with Crippen LogP contribution in [0.1, 0.15) is 22.3 Å². The monoisotopic (exact) mass is 322 g/mol. The van der Waals surface area contributed by atoms with Crippen LogP contribution in [0.4, 0.5) is 8.78 Å². The van der Waals surface area contributed by atoms with Crippen molar-refractivity contribution in [1.29, 1.82) is 0 Å². The average Bonchev–Trinajstić information content (AvgIpc) is 2.46. The van der Waals surface area contributed by atoms with Crippen LogP contribution in [-0.4, -0.2) is 12.5 Å². The Bertz CT molecular complexity index is 590. The zero-order valence-electron chi connectivity index (χ0n) is 11.3. The molecule has 21 heavy (non-hydrogen) atoms. The van der Waals surface area contributed by atoms with Crippen molar-refractivity contribution in [2.45, 2.75) is 12.8 Å². The van der Waals surface area contributed by atoms with Crippen molar-refractivity contribution < 1.29 is 35.3 Å². The summed E-state index contributed by atoms with van der Waals surface area (Å²) in [6.07, 6.45) is 1.01. The van der Waals surface area contributed by atoms with Crippen molar-refractivity contribution in [3.05, 3.63) is 71.3 Å². The third kappa shape index (κ3) is 5.40. The largest absolute Gasteiger partial charge is 0.352 e. The zero-order valence-corrected chi connectivity index (χ0v) is 12.9. The van der Waals surface area contributed by atoms with Gasteiger partial charge < -0.3 is 5.32 Å². The first kappa shape index (κ1) is 17.5. The summed E-state index contributed by atoms with van der Waals surface area (Å²) in [5.74, 6) is -1.53. The predicted octanol–water partition coefficient (Wildman–Crippen LogP) is 3.13. The minimum Gasteiger partial charge on any atom is -0.352 e. The van der Waals surface area contributed by atoms with Crippen LogP contribution in [0.3, 0.4) is 0 Å². The summed E-state index contributed by atoms with van der Waals surface area (Å²) in [4.78, 5) is 11.7. The van der Waals surface area contributed by atoms with Gasteiger partial charge in [0.25, 0.3) is 5.91 Å². The van der Waals surface area contributed by atoms with Crippen LogP contribution in [0.2, 0.25) is 0 Å². The normalized spacial score (nSPS) is 9.81. The van der Waals surface area contributed by atoms with Gasteiger partial charge in [0, 0.05) is 45.5 Å². The number of rotatable bonds is 5. The molecule has 0 aliphatic heterocycles. The second kappa shape index (κ2) is 8.70. The number of amides is 1. The van der Waals surface area contributed by atoms with Gasteiger partial charge in [-0.1, -0.05) is 24.6 Å². The van der Waals surface area contributed by atoms with Crippen LogP contribution in [0, 0.1) is 17.7 Å². The van der Waals surface area contributed by atoms with Gasteiger partial charge in [-0.25, -0.2) is 8.78 Å². The first-order valence-corrected chi connectivity index (χ1v) is 6.36. The number of carbonyl (C=O) groups excluding carboxylic acids is 1. The van der Waals surface area contributed by atoms with E-state index < -0.39 is 11.6 Å². The van der Waals surface area contributed by atoms with Gasteiger partial charge in [-0.05, 0) is 18.6 Å². The Balaban J connectivity index is 0.00000220. The number of carbonyl (C=O) groups is 1. The zero-order chi connectivity index (χ0) is 14.4. The third-order valence-electron chi connectivity index (χ3n) is 2.89. The molecule has 5 heteroatoms. The molecule has 0 aromatic heterocycles. The number of halogens is 2. The van der Waals surface area contributed by atoms with Gasteiger partial charge in [0.05, 0.1) is 0 Å². The fourth-order valence-electron chi connectivity index (χ4n) is 1.84. The maximum Gasteiger partial charge on any atom is 0.251 e. The number of nitrogens with one attached hydrogen (secondary N) is 1. The molecule has 0 bridgehead atoms. The van der Waals surface area contributed by atoms with E-state index in [1.807, 2.05) is 12.1 Å². The molecule has 0 unspecified atom stereocenters. The van der Waals surface area contributed by atoms with Crippen LogP contribution in [0.15, 0.2) is 42.5 Å². The Kier molecular flexibility index (Phi) is 7.27. The molecule has 0 aliphatic carbocycles.